The second-order valence-electron chi connectivity index (χ2n) is 5.73. The highest BCUT2D eigenvalue weighted by atomic mass is 16.5. The zero-order valence-electron chi connectivity index (χ0n) is 15.2. The number of hydrogen-bond donors (Lipinski definition) is 3. The molecule has 0 aliphatic heterocycles. The van der Waals surface area contributed by atoms with Crippen LogP contribution in [0.4, 0.5) is 0 Å². The van der Waals surface area contributed by atoms with Crippen LogP contribution in [0.15, 0.2) is 52.8 Å². The van der Waals surface area contributed by atoms with Crippen molar-refractivity contribution in [1.29, 1.82) is 0 Å². The lowest BCUT2D eigenvalue weighted by molar-refractivity contribution is -0.117. The van der Waals surface area contributed by atoms with Gasteiger partial charge in [0.2, 0.25) is 0 Å². The SMILES string of the molecule is CCCCOc1ccc(C(=O)N/C(=C/c2ccco2)C(=O)NCCO)cc1. The minimum Gasteiger partial charge on any atom is -0.494 e. The van der Waals surface area contributed by atoms with Gasteiger partial charge in [-0.1, -0.05) is 13.3 Å². The molecule has 3 N–H and O–H groups in total. The van der Waals surface area contributed by atoms with Gasteiger partial charge in [0.15, 0.2) is 0 Å². The van der Waals surface area contributed by atoms with Gasteiger partial charge < -0.3 is 24.9 Å². The van der Waals surface area contributed by atoms with E-state index in [4.69, 9.17) is 14.3 Å². The fourth-order valence-electron chi connectivity index (χ4n) is 2.17. The van der Waals surface area contributed by atoms with Crippen LogP contribution in [0.5, 0.6) is 5.75 Å². The van der Waals surface area contributed by atoms with E-state index in [1.807, 2.05) is 0 Å². The van der Waals surface area contributed by atoms with Crippen LogP contribution in [0.3, 0.4) is 0 Å². The fourth-order valence-corrected chi connectivity index (χ4v) is 2.17. The molecule has 0 spiro atoms. The molecule has 0 atom stereocenters. The largest absolute Gasteiger partial charge is 0.494 e. The molecule has 144 valence electrons. The third-order valence-electron chi connectivity index (χ3n) is 3.60. The molecule has 0 unspecified atom stereocenters. The molecule has 2 amide bonds. The highest BCUT2D eigenvalue weighted by Crippen LogP contribution is 2.13. The van der Waals surface area contributed by atoms with Gasteiger partial charge in [-0.15, -0.1) is 0 Å². The van der Waals surface area contributed by atoms with Gasteiger partial charge in [0, 0.05) is 18.2 Å². The summed E-state index contributed by atoms with van der Waals surface area (Å²) in [4.78, 5) is 24.7. The predicted molar refractivity (Wildman–Crippen MR) is 101 cm³/mol. The molecule has 7 heteroatoms. The quantitative estimate of drug-likeness (QED) is 0.439. The number of furan rings is 1. The zero-order chi connectivity index (χ0) is 19.5. The summed E-state index contributed by atoms with van der Waals surface area (Å²) in [6.45, 7) is 2.59. The molecular formula is C20H24N2O5. The summed E-state index contributed by atoms with van der Waals surface area (Å²) in [6, 6.07) is 10.0. The Morgan fingerprint density at radius 2 is 2.00 bits per heavy atom. The standard InChI is InChI=1S/C20H24N2O5/c1-2-3-12-26-16-8-6-15(7-9-16)19(24)22-18(20(25)21-10-11-23)14-17-5-4-13-27-17/h4-9,13-14,23H,2-3,10-12H2,1H3,(H,21,25)(H,22,24)/b18-14+. The number of nitrogens with one attached hydrogen (secondary N) is 2. The van der Waals surface area contributed by atoms with Gasteiger partial charge in [-0.3, -0.25) is 9.59 Å². The lowest BCUT2D eigenvalue weighted by Gasteiger charge is -2.11. The van der Waals surface area contributed by atoms with Crippen molar-refractivity contribution >= 4 is 17.9 Å². The van der Waals surface area contributed by atoms with Gasteiger partial charge in [0.1, 0.15) is 17.2 Å². The fraction of sp³-hybridized carbons (Fsp3) is 0.300. The molecular weight excluding hydrogens is 348 g/mol. The Bertz CT molecular complexity index is 751. The van der Waals surface area contributed by atoms with Crippen molar-refractivity contribution < 1.29 is 23.8 Å². The summed E-state index contributed by atoms with van der Waals surface area (Å²) < 4.78 is 10.8. The van der Waals surface area contributed by atoms with E-state index >= 15 is 0 Å². The van der Waals surface area contributed by atoms with E-state index in [2.05, 4.69) is 17.6 Å². The van der Waals surface area contributed by atoms with Gasteiger partial charge in [0.05, 0.1) is 19.5 Å². The Hall–Kier alpha value is -3.06. The Morgan fingerprint density at radius 1 is 1.22 bits per heavy atom. The van der Waals surface area contributed by atoms with E-state index in [9.17, 15) is 9.59 Å². The second-order valence-corrected chi connectivity index (χ2v) is 5.73. The molecule has 0 radical (unpaired) electrons. The number of benzene rings is 1. The first-order valence-electron chi connectivity index (χ1n) is 8.82. The number of aliphatic hydroxyl groups is 1. The summed E-state index contributed by atoms with van der Waals surface area (Å²) in [6.07, 6.45) is 4.90. The van der Waals surface area contributed by atoms with Gasteiger partial charge in [-0.2, -0.15) is 0 Å². The van der Waals surface area contributed by atoms with E-state index in [0.717, 1.165) is 12.8 Å². The smallest absolute Gasteiger partial charge is 0.268 e. The summed E-state index contributed by atoms with van der Waals surface area (Å²) >= 11 is 0. The number of aliphatic hydroxyl groups excluding tert-OH is 1. The highest BCUT2D eigenvalue weighted by Gasteiger charge is 2.15. The first kappa shape index (κ1) is 20.3. The topological polar surface area (TPSA) is 101 Å². The maximum Gasteiger partial charge on any atom is 0.268 e. The van der Waals surface area contributed by atoms with E-state index in [1.54, 1.807) is 36.4 Å². The molecule has 1 aromatic carbocycles. The Labute approximate surface area is 158 Å². The van der Waals surface area contributed by atoms with Crippen molar-refractivity contribution in [3.05, 3.63) is 59.7 Å². The number of amides is 2. The van der Waals surface area contributed by atoms with Crippen molar-refractivity contribution in [2.75, 3.05) is 19.8 Å². The van der Waals surface area contributed by atoms with Crippen molar-refractivity contribution in [3.8, 4) is 5.75 Å². The first-order valence-corrected chi connectivity index (χ1v) is 8.82. The monoisotopic (exact) mass is 372 g/mol. The number of carbonyl (C=O) groups is 2. The van der Waals surface area contributed by atoms with Crippen LogP contribution in [0.1, 0.15) is 35.9 Å². The first-order chi connectivity index (χ1) is 13.1. The molecule has 2 aromatic rings. The van der Waals surface area contributed by atoms with E-state index in [1.165, 1.54) is 12.3 Å². The molecule has 0 saturated heterocycles. The highest BCUT2D eigenvalue weighted by molar-refractivity contribution is 6.05. The second kappa shape index (κ2) is 10.8. The van der Waals surface area contributed by atoms with Crippen LogP contribution < -0.4 is 15.4 Å². The molecule has 0 aliphatic carbocycles. The van der Waals surface area contributed by atoms with Crippen LogP contribution in [0, 0.1) is 0 Å². The average Bonchev–Trinajstić information content (AvgIpc) is 3.19. The lowest BCUT2D eigenvalue weighted by Crippen LogP contribution is -2.36. The molecule has 0 aliphatic rings. The lowest BCUT2D eigenvalue weighted by atomic mass is 10.2. The summed E-state index contributed by atoms with van der Waals surface area (Å²) in [5.74, 6) is 0.150. The third-order valence-corrected chi connectivity index (χ3v) is 3.60. The average molecular weight is 372 g/mol. The van der Waals surface area contributed by atoms with Gasteiger partial charge in [-0.05, 0) is 42.8 Å². The number of hydrogen-bond acceptors (Lipinski definition) is 5. The number of unbranched alkanes of at least 4 members (excludes halogenated alkanes) is 1. The molecule has 1 heterocycles. The maximum absolute atomic E-state index is 12.5. The van der Waals surface area contributed by atoms with Gasteiger partial charge >= 0.3 is 0 Å². The molecule has 2 rings (SSSR count). The minimum atomic E-state index is -0.520. The number of rotatable bonds is 10. The van der Waals surface area contributed by atoms with E-state index < -0.39 is 11.8 Å². The predicted octanol–water partition coefficient (Wildman–Crippen LogP) is 2.34. The van der Waals surface area contributed by atoms with Crippen LogP contribution in [-0.4, -0.2) is 36.7 Å². The maximum atomic E-state index is 12.5. The van der Waals surface area contributed by atoms with Crippen molar-refractivity contribution in [2.24, 2.45) is 0 Å². The van der Waals surface area contributed by atoms with Crippen LogP contribution in [0.25, 0.3) is 6.08 Å². The molecule has 0 saturated carbocycles. The number of carbonyl (C=O) groups excluding carboxylic acids is 2. The molecule has 27 heavy (non-hydrogen) atoms. The summed E-state index contributed by atoms with van der Waals surface area (Å²) in [5, 5.41) is 14.0. The van der Waals surface area contributed by atoms with Crippen molar-refractivity contribution in [3.63, 3.8) is 0 Å². The Morgan fingerprint density at radius 3 is 2.63 bits per heavy atom. The van der Waals surface area contributed by atoms with Gasteiger partial charge in [-0.25, -0.2) is 0 Å². The Kier molecular flexibility index (Phi) is 8.12. The normalized spacial score (nSPS) is 11.1. The van der Waals surface area contributed by atoms with Crippen molar-refractivity contribution in [2.45, 2.75) is 19.8 Å². The van der Waals surface area contributed by atoms with Crippen LogP contribution in [0.2, 0.25) is 0 Å². The third kappa shape index (κ3) is 6.63. The molecule has 7 nitrogen and oxygen atoms in total. The summed E-state index contributed by atoms with van der Waals surface area (Å²) in [7, 11) is 0. The molecule has 0 bridgehead atoms. The van der Waals surface area contributed by atoms with Crippen molar-refractivity contribution in [1.82, 2.24) is 10.6 Å². The van der Waals surface area contributed by atoms with Crippen LogP contribution >= 0.6 is 0 Å². The Balaban J connectivity index is 2.07. The van der Waals surface area contributed by atoms with E-state index in [-0.39, 0.29) is 18.8 Å². The summed E-state index contributed by atoms with van der Waals surface area (Å²) in [5.41, 5.74) is 0.407. The minimum absolute atomic E-state index is 0.0201. The van der Waals surface area contributed by atoms with E-state index in [0.29, 0.717) is 23.7 Å². The molecule has 1 aromatic heterocycles. The zero-order valence-corrected chi connectivity index (χ0v) is 15.2. The number of ether oxygens (including phenoxy) is 1. The van der Waals surface area contributed by atoms with Gasteiger partial charge in [0.25, 0.3) is 11.8 Å². The van der Waals surface area contributed by atoms with Crippen LogP contribution in [-0.2, 0) is 4.79 Å². The molecule has 0 fully saturated rings.